The van der Waals surface area contributed by atoms with Crippen molar-refractivity contribution in [3.63, 3.8) is 0 Å². The van der Waals surface area contributed by atoms with E-state index in [0.717, 1.165) is 6.20 Å². The van der Waals surface area contributed by atoms with Crippen LogP contribution in [0.1, 0.15) is 23.1 Å². The van der Waals surface area contributed by atoms with Gasteiger partial charge in [-0.3, -0.25) is 0 Å². The van der Waals surface area contributed by atoms with Crippen LogP contribution in [0.2, 0.25) is 5.15 Å². The second-order valence-corrected chi connectivity index (χ2v) is 3.17. The second kappa shape index (κ2) is 4.20. The van der Waals surface area contributed by atoms with E-state index >= 15 is 0 Å². The van der Waals surface area contributed by atoms with Crippen LogP contribution in [0.4, 0.5) is 8.78 Å². The van der Waals surface area contributed by atoms with Gasteiger partial charge in [0.1, 0.15) is 5.15 Å². The molecule has 0 spiro atoms. The summed E-state index contributed by atoms with van der Waals surface area (Å²) in [6.45, 7) is 1.56. The van der Waals surface area contributed by atoms with E-state index in [1.165, 1.54) is 0 Å². The topological polar surface area (TPSA) is 12.9 Å². The summed E-state index contributed by atoms with van der Waals surface area (Å²) in [5.74, 6) is 0.0955. The summed E-state index contributed by atoms with van der Waals surface area (Å²) >= 11 is 11.2. The highest BCUT2D eigenvalue weighted by molar-refractivity contribution is 6.31. The van der Waals surface area contributed by atoms with Crippen molar-refractivity contribution in [1.29, 1.82) is 0 Å². The molecular weight excluding hydrogens is 219 g/mol. The average molecular weight is 226 g/mol. The van der Waals surface area contributed by atoms with Crippen molar-refractivity contribution in [1.82, 2.24) is 4.98 Å². The molecule has 1 rings (SSSR count). The lowest BCUT2D eigenvalue weighted by Crippen LogP contribution is -1.97. The molecule has 0 saturated heterocycles. The first-order chi connectivity index (χ1) is 6.07. The number of pyridine rings is 1. The Morgan fingerprint density at radius 1 is 1.54 bits per heavy atom. The number of hydrogen-bond acceptors (Lipinski definition) is 1. The standard InChI is InChI=1S/C8H7Cl2F2N/c1-4-5(2-9)7(10)13-3-6(4)8(11)12/h3,8H,2H2,1H3. The largest absolute Gasteiger partial charge is 0.265 e. The molecule has 0 bridgehead atoms. The molecule has 0 atom stereocenters. The Hall–Kier alpha value is -0.410. The van der Waals surface area contributed by atoms with Crippen LogP contribution >= 0.6 is 23.2 Å². The molecule has 0 unspecified atom stereocenters. The maximum atomic E-state index is 12.3. The quantitative estimate of drug-likeness (QED) is 0.553. The first-order valence-corrected chi connectivity index (χ1v) is 4.47. The van der Waals surface area contributed by atoms with Crippen molar-refractivity contribution in [3.8, 4) is 0 Å². The van der Waals surface area contributed by atoms with Gasteiger partial charge in [0.25, 0.3) is 6.43 Å². The van der Waals surface area contributed by atoms with Crippen molar-refractivity contribution in [3.05, 3.63) is 28.0 Å². The Morgan fingerprint density at radius 3 is 2.62 bits per heavy atom. The lowest BCUT2D eigenvalue weighted by atomic mass is 10.1. The van der Waals surface area contributed by atoms with E-state index in [1.807, 2.05) is 0 Å². The zero-order valence-electron chi connectivity index (χ0n) is 6.82. The Bertz CT molecular complexity index is 315. The summed E-state index contributed by atoms with van der Waals surface area (Å²) in [5.41, 5.74) is 0.784. The second-order valence-electron chi connectivity index (χ2n) is 2.54. The molecular formula is C8H7Cl2F2N. The number of nitrogens with zero attached hydrogens (tertiary/aromatic N) is 1. The monoisotopic (exact) mass is 225 g/mol. The van der Waals surface area contributed by atoms with Gasteiger partial charge < -0.3 is 0 Å². The molecule has 0 N–H and O–H groups in total. The van der Waals surface area contributed by atoms with Gasteiger partial charge in [-0.05, 0) is 12.5 Å². The van der Waals surface area contributed by atoms with Crippen LogP contribution in [-0.2, 0) is 5.88 Å². The fourth-order valence-corrected chi connectivity index (χ4v) is 1.66. The first-order valence-electron chi connectivity index (χ1n) is 3.56. The maximum absolute atomic E-state index is 12.3. The molecule has 0 saturated carbocycles. The Kier molecular flexibility index (Phi) is 3.45. The van der Waals surface area contributed by atoms with Crippen molar-refractivity contribution in [2.45, 2.75) is 19.2 Å². The van der Waals surface area contributed by atoms with Gasteiger partial charge in [-0.1, -0.05) is 11.6 Å². The van der Waals surface area contributed by atoms with E-state index in [2.05, 4.69) is 4.98 Å². The van der Waals surface area contributed by atoms with Crippen LogP contribution in [0.3, 0.4) is 0 Å². The third-order valence-corrected chi connectivity index (χ3v) is 2.41. The minimum atomic E-state index is -2.54. The molecule has 1 nitrogen and oxygen atoms in total. The Balaban J connectivity index is 3.27. The van der Waals surface area contributed by atoms with Gasteiger partial charge in [0.2, 0.25) is 0 Å². The Labute approximate surface area is 84.7 Å². The predicted octanol–water partition coefficient (Wildman–Crippen LogP) is 3.72. The Morgan fingerprint density at radius 2 is 2.15 bits per heavy atom. The highest BCUT2D eigenvalue weighted by Crippen LogP contribution is 2.28. The van der Waals surface area contributed by atoms with Gasteiger partial charge in [0, 0.05) is 17.3 Å². The van der Waals surface area contributed by atoms with Crippen LogP contribution in [0.15, 0.2) is 6.20 Å². The third kappa shape index (κ3) is 2.09. The average Bonchev–Trinajstić information content (AvgIpc) is 2.04. The smallest absolute Gasteiger partial charge is 0.244 e. The van der Waals surface area contributed by atoms with Gasteiger partial charge in [0.05, 0.1) is 5.88 Å². The zero-order valence-corrected chi connectivity index (χ0v) is 8.33. The number of aromatic nitrogens is 1. The zero-order chi connectivity index (χ0) is 10.0. The molecule has 1 aromatic rings. The van der Waals surface area contributed by atoms with E-state index < -0.39 is 6.43 Å². The molecule has 0 aromatic carbocycles. The van der Waals surface area contributed by atoms with Crippen LogP contribution in [0.5, 0.6) is 0 Å². The van der Waals surface area contributed by atoms with Crippen molar-refractivity contribution < 1.29 is 8.78 Å². The fourth-order valence-electron chi connectivity index (χ4n) is 1.01. The highest BCUT2D eigenvalue weighted by atomic mass is 35.5. The molecule has 0 aliphatic rings. The van der Waals surface area contributed by atoms with Crippen LogP contribution < -0.4 is 0 Å². The van der Waals surface area contributed by atoms with E-state index in [9.17, 15) is 8.78 Å². The summed E-state index contributed by atoms with van der Waals surface area (Å²) in [6.07, 6.45) is -1.45. The molecule has 0 amide bonds. The van der Waals surface area contributed by atoms with Crippen molar-refractivity contribution in [2.75, 3.05) is 0 Å². The summed E-state index contributed by atoms with van der Waals surface area (Å²) in [4.78, 5) is 3.63. The van der Waals surface area contributed by atoms with E-state index in [-0.39, 0.29) is 16.6 Å². The van der Waals surface area contributed by atoms with Crippen molar-refractivity contribution >= 4 is 23.2 Å². The van der Waals surface area contributed by atoms with Gasteiger partial charge in [-0.25, -0.2) is 13.8 Å². The SMILES string of the molecule is Cc1c(C(F)F)cnc(Cl)c1CCl. The number of alkyl halides is 3. The van der Waals surface area contributed by atoms with Crippen LogP contribution in [-0.4, -0.2) is 4.98 Å². The van der Waals surface area contributed by atoms with Crippen LogP contribution in [0, 0.1) is 6.92 Å². The summed E-state index contributed by atoms with van der Waals surface area (Å²) < 4.78 is 24.7. The molecule has 5 heteroatoms. The fraction of sp³-hybridized carbons (Fsp3) is 0.375. The third-order valence-electron chi connectivity index (χ3n) is 1.82. The molecule has 13 heavy (non-hydrogen) atoms. The summed E-state index contributed by atoms with van der Waals surface area (Å²) in [5, 5.41) is 0.192. The molecule has 72 valence electrons. The molecule has 1 heterocycles. The number of hydrogen-bond donors (Lipinski definition) is 0. The van der Waals surface area contributed by atoms with Crippen LogP contribution in [0.25, 0.3) is 0 Å². The molecule has 0 aliphatic heterocycles. The minimum absolute atomic E-state index is 0.0955. The first kappa shape index (κ1) is 10.7. The normalized spacial score (nSPS) is 10.9. The number of rotatable bonds is 2. The summed E-state index contributed by atoms with van der Waals surface area (Å²) in [6, 6.07) is 0. The van der Waals surface area contributed by atoms with Gasteiger partial charge >= 0.3 is 0 Å². The molecule has 0 aliphatic carbocycles. The van der Waals surface area contributed by atoms with E-state index in [0.29, 0.717) is 11.1 Å². The van der Waals surface area contributed by atoms with E-state index in [1.54, 1.807) is 6.92 Å². The lowest BCUT2D eigenvalue weighted by Gasteiger charge is -2.09. The molecule has 0 radical (unpaired) electrons. The van der Waals surface area contributed by atoms with E-state index in [4.69, 9.17) is 23.2 Å². The van der Waals surface area contributed by atoms with Gasteiger partial charge in [0.15, 0.2) is 0 Å². The highest BCUT2D eigenvalue weighted by Gasteiger charge is 2.15. The minimum Gasteiger partial charge on any atom is -0.244 e. The molecule has 0 fully saturated rings. The van der Waals surface area contributed by atoms with Gasteiger partial charge in [-0.15, -0.1) is 11.6 Å². The van der Waals surface area contributed by atoms with Crippen molar-refractivity contribution in [2.24, 2.45) is 0 Å². The van der Waals surface area contributed by atoms with Gasteiger partial charge in [-0.2, -0.15) is 0 Å². The summed E-state index contributed by atoms with van der Waals surface area (Å²) in [7, 11) is 0. The lowest BCUT2D eigenvalue weighted by molar-refractivity contribution is 0.150. The predicted molar refractivity (Wildman–Crippen MR) is 48.5 cm³/mol. The molecule has 1 aromatic heterocycles. The maximum Gasteiger partial charge on any atom is 0.265 e. The number of halogens is 4.